The van der Waals surface area contributed by atoms with Crippen LogP contribution in [0.25, 0.3) is 0 Å². The lowest BCUT2D eigenvalue weighted by Crippen LogP contribution is -2.46. The number of hydrogen-bond donors (Lipinski definition) is 1. The molecule has 1 fully saturated rings. The number of piperidine rings is 1. The Morgan fingerprint density at radius 3 is 2.85 bits per heavy atom. The average Bonchev–Trinajstić information content (AvgIpc) is 2.46. The molecule has 0 saturated carbocycles. The number of likely N-dealkylation sites (tertiary alicyclic amines) is 1. The lowest BCUT2D eigenvalue weighted by molar-refractivity contribution is 0.131. The molecule has 1 aliphatic heterocycles. The molecule has 0 radical (unpaired) electrons. The Hall–Kier alpha value is -1.71. The third-order valence-corrected chi connectivity index (χ3v) is 4.00. The summed E-state index contributed by atoms with van der Waals surface area (Å²) in [4.78, 5) is 16.5. The lowest BCUT2D eigenvalue weighted by Gasteiger charge is -2.35. The molecule has 0 spiro atoms. The molecule has 1 aliphatic rings. The van der Waals surface area contributed by atoms with Crippen molar-refractivity contribution in [2.24, 2.45) is 5.92 Å². The molecule has 20 heavy (non-hydrogen) atoms. The van der Waals surface area contributed by atoms with E-state index >= 15 is 0 Å². The Bertz CT molecular complexity index is 461. The zero-order valence-corrected chi connectivity index (χ0v) is 12.5. The number of nitrogens with zero attached hydrogens (tertiary/aromatic N) is 2. The second-order valence-electron chi connectivity index (χ2n) is 5.69. The van der Waals surface area contributed by atoms with Crippen LogP contribution in [-0.2, 0) is 6.54 Å². The van der Waals surface area contributed by atoms with Gasteiger partial charge < -0.3 is 15.5 Å². The normalized spacial score (nSPS) is 18.9. The third kappa shape index (κ3) is 3.44. The number of rotatable bonds is 3. The van der Waals surface area contributed by atoms with Gasteiger partial charge in [-0.2, -0.15) is 0 Å². The van der Waals surface area contributed by atoms with Gasteiger partial charge in [0, 0.05) is 31.9 Å². The van der Waals surface area contributed by atoms with Crippen molar-refractivity contribution >= 4 is 11.7 Å². The maximum atomic E-state index is 12.6. The number of nitrogen functional groups attached to an aromatic ring is 1. The zero-order chi connectivity index (χ0) is 14.5. The first-order chi connectivity index (χ1) is 9.61. The van der Waals surface area contributed by atoms with E-state index in [-0.39, 0.29) is 6.03 Å². The first-order valence-corrected chi connectivity index (χ1v) is 7.49. The Morgan fingerprint density at radius 2 is 2.20 bits per heavy atom. The summed E-state index contributed by atoms with van der Waals surface area (Å²) in [5.41, 5.74) is 7.75. The number of amides is 2. The van der Waals surface area contributed by atoms with Gasteiger partial charge in [0.25, 0.3) is 0 Å². The summed E-state index contributed by atoms with van der Waals surface area (Å²) in [6.07, 6.45) is 2.33. The second kappa shape index (κ2) is 6.64. The van der Waals surface area contributed by atoms with Gasteiger partial charge in [-0.25, -0.2) is 4.79 Å². The molecule has 110 valence electrons. The van der Waals surface area contributed by atoms with Gasteiger partial charge in [0.1, 0.15) is 0 Å². The number of para-hydroxylation sites is 1. The van der Waals surface area contributed by atoms with E-state index in [1.54, 1.807) is 0 Å². The van der Waals surface area contributed by atoms with Crippen molar-refractivity contribution in [2.45, 2.75) is 33.2 Å². The summed E-state index contributed by atoms with van der Waals surface area (Å²) in [6.45, 7) is 7.28. The van der Waals surface area contributed by atoms with Crippen molar-refractivity contribution in [1.29, 1.82) is 0 Å². The predicted molar refractivity (Wildman–Crippen MR) is 82.3 cm³/mol. The molecule has 1 unspecified atom stereocenters. The molecule has 1 atom stereocenters. The number of hydrogen-bond acceptors (Lipinski definition) is 2. The molecule has 2 rings (SSSR count). The van der Waals surface area contributed by atoms with Gasteiger partial charge in [0.05, 0.1) is 0 Å². The van der Waals surface area contributed by atoms with E-state index in [9.17, 15) is 4.79 Å². The Labute approximate surface area is 121 Å². The Balaban J connectivity index is 2.04. The summed E-state index contributed by atoms with van der Waals surface area (Å²) < 4.78 is 0. The first-order valence-electron chi connectivity index (χ1n) is 7.49. The second-order valence-corrected chi connectivity index (χ2v) is 5.69. The number of carbonyl (C=O) groups excluding carboxylic acids is 1. The Kier molecular flexibility index (Phi) is 4.88. The molecule has 1 heterocycles. The summed E-state index contributed by atoms with van der Waals surface area (Å²) in [7, 11) is 0. The summed E-state index contributed by atoms with van der Waals surface area (Å²) in [5, 5.41) is 0. The Morgan fingerprint density at radius 1 is 1.45 bits per heavy atom. The van der Waals surface area contributed by atoms with Gasteiger partial charge in [-0.1, -0.05) is 25.1 Å². The number of carbonyl (C=O) groups is 1. The molecule has 2 amide bonds. The maximum absolute atomic E-state index is 12.6. The molecule has 4 heteroatoms. The predicted octanol–water partition coefficient (Wildman–Crippen LogP) is 2.94. The molecule has 2 N–H and O–H groups in total. The molecule has 0 aliphatic carbocycles. The van der Waals surface area contributed by atoms with E-state index in [0.717, 1.165) is 30.8 Å². The van der Waals surface area contributed by atoms with Gasteiger partial charge >= 0.3 is 6.03 Å². The molecule has 4 nitrogen and oxygen atoms in total. The van der Waals surface area contributed by atoms with Crippen LogP contribution in [0.1, 0.15) is 32.3 Å². The monoisotopic (exact) mass is 275 g/mol. The van der Waals surface area contributed by atoms with Crippen molar-refractivity contribution in [2.75, 3.05) is 25.4 Å². The van der Waals surface area contributed by atoms with E-state index in [1.165, 1.54) is 6.42 Å². The highest BCUT2D eigenvalue weighted by molar-refractivity contribution is 5.74. The number of nitrogens with two attached hydrogens (primary N) is 1. The van der Waals surface area contributed by atoms with Crippen LogP contribution in [0, 0.1) is 5.92 Å². The van der Waals surface area contributed by atoms with Crippen LogP contribution < -0.4 is 5.73 Å². The fourth-order valence-corrected chi connectivity index (χ4v) is 2.76. The first kappa shape index (κ1) is 14.7. The molecular formula is C16H25N3O. The van der Waals surface area contributed by atoms with Gasteiger partial charge in [-0.15, -0.1) is 0 Å². The third-order valence-electron chi connectivity index (χ3n) is 4.00. The summed E-state index contributed by atoms with van der Waals surface area (Å²) >= 11 is 0. The highest BCUT2D eigenvalue weighted by atomic mass is 16.2. The van der Waals surface area contributed by atoms with Crippen molar-refractivity contribution in [3.8, 4) is 0 Å². The fourth-order valence-electron chi connectivity index (χ4n) is 2.76. The summed E-state index contributed by atoms with van der Waals surface area (Å²) in [6, 6.07) is 7.90. The SMILES string of the molecule is CCN(Cc1ccccc1N)C(=O)N1CCCC(C)C1. The highest BCUT2D eigenvalue weighted by Gasteiger charge is 2.24. The van der Waals surface area contributed by atoms with Crippen LogP contribution >= 0.6 is 0 Å². The highest BCUT2D eigenvalue weighted by Crippen LogP contribution is 2.19. The van der Waals surface area contributed by atoms with Crippen molar-refractivity contribution in [3.05, 3.63) is 29.8 Å². The van der Waals surface area contributed by atoms with Gasteiger partial charge in [0.15, 0.2) is 0 Å². The van der Waals surface area contributed by atoms with Crippen molar-refractivity contribution < 1.29 is 4.79 Å². The van der Waals surface area contributed by atoms with Gasteiger partial charge in [-0.05, 0) is 37.3 Å². The lowest BCUT2D eigenvalue weighted by atomic mass is 10.0. The molecule has 1 saturated heterocycles. The molecule has 0 bridgehead atoms. The minimum absolute atomic E-state index is 0.141. The smallest absolute Gasteiger partial charge is 0.320 e. The standard InChI is InChI=1S/C16H25N3O/c1-3-18(12-14-8-4-5-9-15(14)17)16(20)19-10-6-7-13(2)11-19/h4-5,8-9,13H,3,6-7,10-12,17H2,1-2H3. The fraction of sp³-hybridized carbons (Fsp3) is 0.562. The van der Waals surface area contributed by atoms with E-state index in [1.807, 2.05) is 41.0 Å². The van der Waals surface area contributed by atoms with Crippen LogP contribution in [0.3, 0.4) is 0 Å². The summed E-state index contributed by atoms with van der Waals surface area (Å²) in [5.74, 6) is 0.605. The van der Waals surface area contributed by atoms with E-state index in [0.29, 0.717) is 19.0 Å². The van der Waals surface area contributed by atoms with Crippen LogP contribution in [0.15, 0.2) is 24.3 Å². The molecule has 0 aromatic heterocycles. The van der Waals surface area contributed by atoms with Crippen molar-refractivity contribution in [1.82, 2.24) is 9.80 Å². The molecular weight excluding hydrogens is 250 g/mol. The van der Waals surface area contributed by atoms with E-state index in [2.05, 4.69) is 6.92 Å². The number of anilines is 1. The largest absolute Gasteiger partial charge is 0.398 e. The zero-order valence-electron chi connectivity index (χ0n) is 12.5. The van der Waals surface area contributed by atoms with Crippen LogP contribution in [0.2, 0.25) is 0 Å². The van der Waals surface area contributed by atoms with Crippen LogP contribution in [0.4, 0.5) is 10.5 Å². The topological polar surface area (TPSA) is 49.6 Å². The minimum Gasteiger partial charge on any atom is -0.398 e. The quantitative estimate of drug-likeness (QED) is 0.862. The maximum Gasteiger partial charge on any atom is 0.320 e. The van der Waals surface area contributed by atoms with Crippen LogP contribution in [0.5, 0.6) is 0 Å². The molecule has 1 aromatic carbocycles. The van der Waals surface area contributed by atoms with Crippen molar-refractivity contribution in [3.63, 3.8) is 0 Å². The van der Waals surface area contributed by atoms with E-state index < -0.39 is 0 Å². The minimum atomic E-state index is 0.141. The number of urea groups is 1. The molecule has 1 aromatic rings. The van der Waals surface area contributed by atoms with E-state index in [4.69, 9.17) is 5.73 Å². The average molecular weight is 275 g/mol. The number of benzene rings is 1. The van der Waals surface area contributed by atoms with Crippen LogP contribution in [-0.4, -0.2) is 35.5 Å². The van der Waals surface area contributed by atoms with Gasteiger partial charge in [0.2, 0.25) is 0 Å². The van der Waals surface area contributed by atoms with Gasteiger partial charge in [-0.3, -0.25) is 0 Å².